The van der Waals surface area contributed by atoms with Crippen LogP contribution in [0.3, 0.4) is 0 Å². The Morgan fingerprint density at radius 2 is 1.86 bits per heavy atom. The van der Waals surface area contributed by atoms with Crippen molar-refractivity contribution in [1.82, 2.24) is 4.67 Å². The third-order valence-electron chi connectivity index (χ3n) is 1.42. The molecule has 0 aliphatic carbocycles. The molecule has 0 aromatic carbocycles. The summed E-state index contributed by atoms with van der Waals surface area (Å²) in [4.78, 5) is 0. The fourth-order valence-corrected chi connectivity index (χ4v) is 1.70. The first kappa shape index (κ1) is 5.53. The van der Waals surface area contributed by atoms with Gasteiger partial charge in [-0.15, -0.1) is 0 Å². The summed E-state index contributed by atoms with van der Waals surface area (Å²) in [5, 5.41) is 0. The van der Waals surface area contributed by atoms with E-state index >= 15 is 0 Å². The van der Waals surface area contributed by atoms with E-state index in [-0.39, 0.29) is 0 Å². The molecule has 0 radical (unpaired) electrons. The highest BCUT2D eigenvalue weighted by atomic mass is 31.1. The van der Waals surface area contributed by atoms with Gasteiger partial charge in [-0.3, -0.25) is 4.67 Å². The minimum absolute atomic E-state index is 1.04. The molecule has 0 saturated carbocycles. The molecule has 1 saturated heterocycles. The quantitative estimate of drug-likeness (QED) is 0.468. The lowest BCUT2D eigenvalue weighted by Crippen LogP contribution is -2.05. The number of rotatable bonds is 1. The van der Waals surface area contributed by atoms with Crippen LogP contribution in [0.15, 0.2) is 0 Å². The SMILES string of the molecule is CPN1CCCC1. The zero-order valence-electron chi connectivity index (χ0n) is 4.78. The van der Waals surface area contributed by atoms with Crippen molar-refractivity contribution in [3.05, 3.63) is 0 Å². The fraction of sp³-hybridized carbons (Fsp3) is 1.00. The Hall–Kier alpha value is 0.390. The van der Waals surface area contributed by atoms with Crippen LogP contribution < -0.4 is 0 Å². The maximum absolute atomic E-state index is 2.51. The van der Waals surface area contributed by atoms with Gasteiger partial charge < -0.3 is 0 Å². The zero-order chi connectivity index (χ0) is 5.11. The highest BCUT2D eigenvalue weighted by Gasteiger charge is 2.07. The van der Waals surface area contributed by atoms with Gasteiger partial charge in [0.25, 0.3) is 0 Å². The van der Waals surface area contributed by atoms with Crippen molar-refractivity contribution in [3.63, 3.8) is 0 Å². The van der Waals surface area contributed by atoms with Crippen molar-refractivity contribution in [2.24, 2.45) is 0 Å². The van der Waals surface area contributed by atoms with Gasteiger partial charge in [0.1, 0.15) is 0 Å². The largest absolute Gasteiger partial charge is 0.285 e. The van der Waals surface area contributed by atoms with Gasteiger partial charge >= 0.3 is 0 Å². The van der Waals surface area contributed by atoms with Crippen LogP contribution in [0.1, 0.15) is 12.8 Å². The van der Waals surface area contributed by atoms with Gasteiger partial charge in [0.05, 0.1) is 0 Å². The minimum Gasteiger partial charge on any atom is -0.285 e. The second kappa shape index (κ2) is 2.64. The average Bonchev–Trinajstić information content (AvgIpc) is 2.14. The molecule has 0 bridgehead atoms. The Kier molecular flexibility index (Phi) is 2.08. The van der Waals surface area contributed by atoms with Crippen LogP contribution in [0, 0.1) is 0 Å². The predicted molar refractivity (Wildman–Crippen MR) is 35.0 cm³/mol. The molecule has 1 aliphatic heterocycles. The van der Waals surface area contributed by atoms with Crippen molar-refractivity contribution in [2.75, 3.05) is 19.8 Å². The molecule has 1 unspecified atom stereocenters. The maximum Gasteiger partial charge on any atom is 0.00190 e. The molecule has 0 aromatic rings. The van der Waals surface area contributed by atoms with Crippen molar-refractivity contribution >= 4 is 8.73 Å². The van der Waals surface area contributed by atoms with Crippen LogP contribution in [0.4, 0.5) is 0 Å². The molecule has 1 rings (SSSR count). The topological polar surface area (TPSA) is 3.24 Å². The monoisotopic (exact) mass is 117 g/mol. The second-order valence-electron chi connectivity index (χ2n) is 1.92. The lowest BCUT2D eigenvalue weighted by atomic mass is 10.4. The highest BCUT2D eigenvalue weighted by Crippen LogP contribution is 2.19. The molecular weight excluding hydrogens is 105 g/mol. The molecule has 1 fully saturated rings. The third kappa shape index (κ3) is 1.40. The zero-order valence-corrected chi connectivity index (χ0v) is 5.78. The van der Waals surface area contributed by atoms with Crippen molar-refractivity contribution in [3.8, 4) is 0 Å². The van der Waals surface area contributed by atoms with E-state index in [1.807, 2.05) is 0 Å². The van der Waals surface area contributed by atoms with E-state index in [4.69, 9.17) is 0 Å². The normalized spacial score (nSPS) is 25.3. The first-order valence-corrected chi connectivity index (χ1v) is 4.30. The first-order chi connectivity index (χ1) is 3.43. The summed E-state index contributed by atoms with van der Waals surface area (Å²) < 4.78 is 2.51. The van der Waals surface area contributed by atoms with Crippen molar-refractivity contribution in [2.45, 2.75) is 12.8 Å². The van der Waals surface area contributed by atoms with Gasteiger partial charge in [-0.2, -0.15) is 0 Å². The van der Waals surface area contributed by atoms with Gasteiger partial charge in [-0.25, -0.2) is 0 Å². The van der Waals surface area contributed by atoms with E-state index in [2.05, 4.69) is 11.3 Å². The Labute approximate surface area is 46.9 Å². The standard InChI is InChI=1S/C5H12NP/c1-7-6-4-2-3-5-6/h7H,2-5H2,1H3. The molecule has 1 aliphatic rings. The summed E-state index contributed by atoms with van der Waals surface area (Å²) in [6.45, 7) is 4.97. The summed E-state index contributed by atoms with van der Waals surface area (Å²) in [6, 6.07) is 0. The van der Waals surface area contributed by atoms with Crippen LogP contribution in [0.5, 0.6) is 0 Å². The number of nitrogens with zero attached hydrogens (tertiary/aromatic N) is 1. The van der Waals surface area contributed by atoms with Crippen LogP contribution in [0.25, 0.3) is 0 Å². The van der Waals surface area contributed by atoms with Gasteiger partial charge in [0, 0.05) is 13.1 Å². The van der Waals surface area contributed by atoms with Crippen LogP contribution in [0.2, 0.25) is 0 Å². The molecule has 0 aromatic heterocycles. The van der Waals surface area contributed by atoms with Crippen molar-refractivity contribution < 1.29 is 0 Å². The number of hydrogen-bond donors (Lipinski definition) is 0. The Morgan fingerprint density at radius 3 is 2.14 bits per heavy atom. The van der Waals surface area contributed by atoms with Gasteiger partial charge in [0.2, 0.25) is 0 Å². The van der Waals surface area contributed by atoms with Gasteiger partial charge in [-0.1, -0.05) is 8.73 Å². The van der Waals surface area contributed by atoms with E-state index in [1.165, 1.54) is 25.9 Å². The summed E-state index contributed by atoms with van der Waals surface area (Å²) in [6.07, 6.45) is 2.86. The first-order valence-electron chi connectivity index (χ1n) is 2.86. The minimum atomic E-state index is 1.04. The Morgan fingerprint density at radius 1 is 1.29 bits per heavy atom. The van der Waals surface area contributed by atoms with E-state index in [0.717, 1.165) is 8.73 Å². The van der Waals surface area contributed by atoms with E-state index < -0.39 is 0 Å². The molecule has 42 valence electrons. The molecule has 2 heteroatoms. The fourth-order valence-electron chi connectivity index (χ4n) is 0.941. The lowest BCUT2D eigenvalue weighted by Gasteiger charge is -2.08. The summed E-state index contributed by atoms with van der Waals surface area (Å²) in [5.74, 6) is 0. The molecular formula is C5H12NP. The van der Waals surface area contributed by atoms with E-state index in [9.17, 15) is 0 Å². The molecule has 1 atom stereocenters. The smallest absolute Gasteiger partial charge is 0.00190 e. The summed E-state index contributed by atoms with van der Waals surface area (Å²) in [7, 11) is 1.04. The van der Waals surface area contributed by atoms with Crippen LogP contribution >= 0.6 is 8.73 Å². The average molecular weight is 117 g/mol. The summed E-state index contributed by atoms with van der Waals surface area (Å²) in [5.41, 5.74) is 0. The maximum atomic E-state index is 2.51. The third-order valence-corrected chi connectivity index (χ3v) is 2.50. The molecule has 0 N–H and O–H groups in total. The molecule has 1 nitrogen and oxygen atoms in total. The Balaban J connectivity index is 2.14. The van der Waals surface area contributed by atoms with Gasteiger partial charge in [0.15, 0.2) is 0 Å². The Bertz CT molecular complexity index is 50.0. The molecule has 0 spiro atoms. The predicted octanol–water partition coefficient (Wildman–Crippen LogP) is 1.31. The highest BCUT2D eigenvalue weighted by molar-refractivity contribution is 7.34. The number of hydrogen-bond acceptors (Lipinski definition) is 1. The second-order valence-corrected chi connectivity index (χ2v) is 3.00. The van der Waals surface area contributed by atoms with Crippen LogP contribution in [-0.4, -0.2) is 24.4 Å². The van der Waals surface area contributed by atoms with E-state index in [1.54, 1.807) is 0 Å². The van der Waals surface area contributed by atoms with Gasteiger partial charge in [-0.05, 0) is 19.5 Å². The molecule has 1 heterocycles. The van der Waals surface area contributed by atoms with Crippen molar-refractivity contribution in [1.29, 1.82) is 0 Å². The van der Waals surface area contributed by atoms with E-state index in [0.29, 0.717) is 0 Å². The molecule has 7 heavy (non-hydrogen) atoms. The summed E-state index contributed by atoms with van der Waals surface area (Å²) >= 11 is 0. The molecule has 0 amide bonds. The lowest BCUT2D eigenvalue weighted by molar-refractivity contribution is 0.579. The van der Waals surface area contributed by atoms with Crippen LogP contribution in [-0.2, 0) is 0 Å².